The minimum Gasteiger partial charge on any atom is 0 e. The maximum atomic E-state index is 8.39. The molecule has 0 spiro atoms. The first-order chi connectivity index (χ1) is 1.00. The summed E-state index contributed by atoms with van der Waals surface area (Å²) in [6.07, 6.45) is 0. The molecule has 4 heteroatoms. The second-order valence-electron chi connectivity index (χ2n) is 0. The van der Waals surface area contributed by atoms with Crippen molar-refractivity contribution in [1.29, 1.82) is 0 Å². The fraction of sp³-hybridized carbons (Fsp3) is 0. The summed E-state index contributed by atoms with van der Waals surface area (Å²) in [4.78, 5) is 0. The molecular formula is OPbZn2. The van der Waals surface area contributed by atoms with Crippen LogP contribution in [0.25, 0.3) is 0 Å². The van der Waals surface area contributed by atoms with Crippen molar-refractivity contribution in [2.75, 3.05) is 0 Å². The summed E-state index contributed by atoms with van der Waals surface area (Å²) >= 11 is 0.0556. The maximum absolute atomic E-state index is 8.39. The van der Waals surface area contributed by atoms with Crippen LogP contribution in [-0.2, 0) is 41.6 Å². The second-order valence-corrected chi connectivity index (χ2v) is 0. The third-order valence-electron chi connectivity index (χ3n) is 0. The summed E-state index contributed by atoms with van der Waals surface area (Å²) in [6, 6.07) is 0. The van der Waals surface area contributed by atoms with Crippen molar-refractivity contribution in [2.45, 2.75) is 0 Å². The van der Waals surface area contributed by atoms with Crippen molar-refractivity contribution in [2.24, 2.45) is 0 Å². The van der Waals surface area contributed by atoms with Crippen LogP contribution in [0, 0.1) is 0 Å². The van der Waals surface area contributed by atoms with E-state index < -0.39 is 0 Å². The quantitative estimate of drug-likeness (QED) is 0.536. The van der Waals surface area contributed by atoms with E-state index in [0.29, 0.717) is 0 Å². The Balaban J connectivity index is -0.00000000500. The standard InChI is InChI=1S/O.Pb.2Zn. The van der Waals surface area contributed by atoms with Crippen LogP contribution >= 0.6 is 0 Å². The largest absolute Gasteiger partial charge is 0 e. The first kappa shape index (κ1) is 16.7. The molecule has 0 saturated heterocycles. The third kappa shape index (κ3) is 9.02. The minimum absolute atomic E-state index is 0. The molecule has 0 aliphatic carbocycles. The Morgan fingerprint density at radius 2 is 1.00 bits per heavy atom. The molecule has 0 aliphatic heterocycles. The van der Waals surface area contributed by atoms with Gasteiger partial charge >= 0.3 is 28.5 Å². The molecule has 1 nitrogen and oxygen atoms in total. The molecule has 0 saturated carbocycles. The molecule has 0 atom stereocenters. The predicted octanol–water partition coefficient (Wildman–Crippen LogP) is -0.505. The molecule has 0 rings (SSSR count). The van der Waals surface area contributed by atoms with Gasteiger partial charge in [0.25, 0.3) is 0 Å². The third-order valence-corrected chi connectivity index (χ3v) is 0. The second kappa shape index (κ2) is 20.2. The van der Waals surface area contributed by atoms with Crippen LogP contribution in [0.1, 0.15) is 0 Å². The van der Waals surface area contributed by atoms with Crippen LogP contribution in [-0.4, -0.2) is 25.8 Å². The summed E-state index contributed by atoms with van der Waals surface area (Å²) in [6.45, 7) is 0. The van der Waals surface area contributed by atoms with E-state index in [1.807, 2.05) is 0 Å². The number of hydrogen-bond acceptors (Lipinski definition) is 1. The van der Waals surface area contributed by atoms with Crippen LogP contribution in [0.4, 0.5) is 0 Å². The van der Waals surface area contributed by atoms with Gasteiger partial charge in [-0.25, -0.2) is 0 Å². The molecule has 14 valence electrons. The maximum Gasteiger partial charge on any atom is 0 e. The average molecular weight is 354 g/mol. The molecule has 0 N–H and O–H groups in total. The van der Waals surface area contributed by atoms with Crippen LogP contribution < -0.4 is 0 Å². The molecule has 0 fully saturated rings. The Morgan fingerprint density at radius 1 is 1.00 bits per heavy atom. The van der Waals surface area contributed by atoms with Gasteiger partial charge in [0, 0.05) is 39.0 Å². The molecule has 4 heavy (non-hydrogen) atoms. The first-order valence-electron chi connectivity index (χ1n) is 0.204. The predicted molar refractivity (Wildman–Crippen MR) is 6.44 cm³/mol. The van der Waals surface area contributed by atoms with E-state index in [-0.39, 0.29) is 64.7 Å². The Hall–Kier alpha value is 1.97. The van der Waals surface area contributed by atoms with E-state index in [2.05, 4.69) is 0 Å². The van der Waals surface area contributed by atoms with Crippen LogP contribution in [0.2, 0.25) is 0 Å². The zero-order chi connectivity index (χ0) is 2.00. The normalized spacial score (nSPS) is 1.00. The Morgan fingerprint density at radius 3 is 1.00 bits per heavy atom. The van der Waals surface area contributed by atoms with Crippen molar-refractivity contribution in [1.82, 2.24) is 0 Å². The molecule has 0 heterocycles. The van der Waals surface area contributed by atoms with Crippen molar-refractivity contribution in [3.8, 4) is 0 Å². The molecule has 0 aromatic heterocycles. The number of hydrogen-bond donors (Lipinski definition) is 0. The topological polar surface area (TPSA) is 17.1 Å². The van der Waals surface area contributed by atoms with E-state index in [1.165, 1.54) is 0 Å². The van der Waals surface area contributed by atoms with Gasteiger partial charge in [-0.3, -0.25) is 0 Å². The minimum atomic E-state index is 0. The Bertz CT molecular complexity index is 6.00. The van der Waals surface area contributed by atoms with Gasteiger partial charge in [0.15, 0.2) is 0 Å². The zero-order valence-corrected chi connectivity index (χ0v) is 12.1. The van der Waals surface area contributed by atoms with Gasteiger partial charge in [0.1, 0.15) is 0 Å². The van der Waals surface area contributed by atoms with Crippen molar-refractivity contribution in [3.63, 3.8) is 0 Å². The van der Waals surface area contributed by atoms with Crippen molar-refractivity contribution in [3.05, 3.63) is 0 Å². The monoisotopic (exact) mass is 352 g/mol. The van der Waals surface area contributed by atoms with Crippen LogP contribution in [0.15, 0.2) is 0 Å². The van der Waals surface area contributed by atoms with Crippen molar-refractivity contribution < 1.29 is 41.6 Å². The van der Waals surface area contributed by atoms with Gasteiger partial charge < -0.3 is 0 Å². The Kier molecular flexibility index (Phi) is 84.4. The van der Waals surface area contributed by atoms with Gasteiger partial charge in [0.05, 0.1) is 0 Å². The molecule has 0 bridgehead atoms. The van der Waals surface area contributed by atoms with E-state index in [4.69, 9.17) is 2.69 Å². The summed E-state index contributed by atoms with van der Waals surface area (Å²) in [5.41, 5.74) is 0. The fourth-order valence-electron chi connectivity index (χ4n) is 0. The molecule has 0 aromatic rings. The fourth-order valence-corrected chi connectivity index (χ4v) is 0. The van der Waals surface area contributed by atoms with Crippen molar-refractivity contribution >= 4 is 25.8 Å². The average Bonchev–Trinajstić information content (AvgIpc) is 1.00. The van der Waals surface area contributed by atoms with Gasteiger partial charge in [-0.2, -0.15) is 0 Å². The summed E-state index contributed by atoms with van der Waals surface area (Å²) in [5.74, 6) is 0. The molecule has 0 amide bonds. The van der Waals surface area contributed by atoms with E-state index in [1.54, 1.807) is 0 Å². The van der Waals surface area contributed by atoms with Gasteiger partial charge in [-0.05, 0) is 0 Å². The summed E-state index contributed by atoms with van der Waals surface area (Å²) < 4.78 is 8.39. The zero-order valence-electron chi connectivity index (χ0n) is 2.32. The van der Waals surface area contributed by atoms with Crippen LogP contribution in [0.3, 0.4) is 0 Å². The van der Waals surface area contributed by atoms with E-state index >= 15 is 0 Å². The SMILES string of the molecule is [O]=[Pb].[Zn].[Zn]. The summed E-state index contributed by atoms with van der Waals surface area (Å²) in [7, 11) is 0. The smallest absolute Gasteiger partial charge is 0 e. The van der Waals surface area contributed by atoms with Gasteiger partial charge in [-0.15, -0.1) is 0 Å². The van der Waals surface area contributed by atoms with E-state index in [0.717, 1.165) is 0 Å². The number of rotatable bonds is 0. The van der Waals surface area contributed by atoms with Gasteiger partial charge in [-0.1, -0.05) is 0 Å². The molecular weight excluding hydrogens is 354 g/mol. The van der Waals surface area contributed by atoms with Crippen LogP contribution in [0.5, 0.6) is 0 Å². The first-order valence-corrected chi connectivity index (χ1v) is 1.79. The van der Waals surface area contributed by atoms with Gasteiger partial charge in [0.2, 0.25) is 0 Å². The molecule has 0 aromatic carbocycles. The molecule has 0 aliphatic rings. The molecule has 0 unspecified atom stereocenters. The molecule has 2 radical (unpaired) electrons. The Labute approximate surface area is 66.6 Å². The summed E-state index contributed by atoms with van der Waals surface area (Å²) in [5, 5.41) is 0. The van der Waals surface area contributed by atoms with E-state index in [9.17, 15) is 0 Å².